The number of ether oxygens (including phenoxy) is 2. The van der Waals surface area contributed by atoms with Crippen LogP contribution in [0.25, 0.3) is 5.70 Å². The predicted molar refractivity (Wildman–Crippen MR) is 90.7 cm³/mol. The first kappa shape index (κ1) is 17.0. The molecule has 0 spiro atoms. The molecule has 1 heterocycles. The van der Waals surface area contributed by atoms with Gasteiger partial charge in [0.1, 0.15) is 12.4 Å². The van der Waals surface area contributed by atoms with Gasteiger partial charge in [-0.05, 0) is 47.5 Å². The fraction of sp³-hybridized carbons (Fsp3) is 0.471. The molecule has 2 rings (SSSR count). The maximum atomic E-state index is 12.3. The van der Waals surface area contributed by atoms with Crippen LogP contribution in [0, 0.1) is 5.92 Å². The van der Waals surface area contributed by atoms with Crippen molar-refractivity contribution in [2.24, 2.45) is 5.92 Å². The van der Waals surface area contributed by atoms with E-state index in [1.165, 1.54) is 0 Å². The Kier molecular flexibility index (Phi) is 6.03. The standard InChI is InChI=1S/C17H22BrNO3/c1-4-19-16(8-5-12(2)17(19)20)14-7-6-13(11-15(14)18)22-10-9-21-3/h6-8,11-12H,4-5,9-10H2,1-3H3. The van der Waals surface area contributed by atoms with Gasteiger partial charge in [-0.3, -0.25) is 4.79 Å². The predicted octanol–water partition coefficient (Wildman–Crippen LogP) is 3.70. The summed E-state index contributed by atoms with van der Waals surface area (Å²) in [4.78, 5) is 14.2. The molecule has 1 unspecified atom stereocenters. The Morgan fingerprint density at radius 2 is 2.14 bits per heavy atom. The molecule has 4 nitrogen and oxygen atoms in total. The van der Waals surface area contributed by atoms with Gasteiger partial charge in [0, 0.05) is 35.3 Å². The molecule has 1 amide bonds. The van der Waals surface area contributed by atoms with E-state index >= 15 is 0 Å². The molecule has 0 radical (unpaired) electrons. The third-order valence-electron chi connectivity index (χ3n) is 3.73. The number of methoxy groups -OCH3 is 1. The molecule has 0 aliphatic carbocycles. The van der Waals surface area contributed by atoms with Crippen molar-refractivity contribution in [2.75, 3.05) is 26.9 Å². The van der Waals surface area contributed by atoms with Crippen LogP contribution in [0.1, 0.15) is 25.8 Å². The summed E-state index contributed by atoms with van der Waals surface area (Å²) in [5.74, 6) is 1.03. The van der Waals surface area contributed by atoms with E-state index in [2.05, 4.69) is 22.0 Å². The fourth-order valence-corrected chi connectivity index (χ4v) is 3.06. The largest absolute Gasteiger partial charge is 0.491 e. The zero-order chi connectivity index (χ0) is 16.1. The summed E-state index contributed by atoms with van der Waals surface area (Å²) in [5.41, 5.74) is 1.99. The normalized spacial score (nSPS) is 18.4. The SMILES string of the molecule is CCN1C(=O)C(C)CC=C1c1ccc(OCCOC)cc1Br. The Balaban J connectivity index is 2.23. The Morgan fingerprint density at radius 1 is 1.36 bits per heavy atom. The third kappa shape index (κ3) is 3.70. The second kappa shape index (κ2) is 7.79. The Bertz CT molecular complexity index is 571. The average molecular weight is 368 g/mol. The number of hydrogen-bond donors (Lipinski definition) is 0. The highest BCUT2D eigenvalue weighted by molar-refractivity contribution is 9.10. The van der Waals surface area contributed by atoms with Gasteiger partial charge >= 0.3 is 0 Å². The van der Waals surface area contributed by atoms with E-state index < -0.39 is 0 Å². The van der Waals surface area contributed by atoms with Crippen molar-refractivity contribution in [3.63, 3.8) is 0 Å². The molecule has 0 saturated heterocycles. The van der Waals surface area contributed by atoms with Gasteiger partial charge in [-0.1, -0.05) is 13.0 Å². The molecule has 0 saturated carbocycles. The number of halogens is 1. The molecule has 1 aromatic carbocycles. The van der Waals surface area contributed by atoms with Crippen LogP contribution in [0.4, 0.5) is 0 Å². The summed E-state index contributed by atoms with van der Waals surface area (Å²) in [6.45, 7) is 5.72. The molecule has 5 heteroatoms. The van der Waals surface area contributed by atoms with Crippen molar-refractivity contribution < 1.29 is 14.3 Å². The number of rotatable bonds is 6. The van der Waals surface area contributed by atoms with E-state index in [0.29, 0.717) is 19.8 Å². The number of amides is 1. The van der Waals surface area contributed by atoms with Gasteiger partial charge in [0.25, 0.3) is 0 Å². The van der Waals surface area contributed by atoms with Crippen LogP contribution in [-0.4, -0.2) is 37.7 Å². The molecule has 0 bridgehead atoms. The lowest BCUT2D eigenvalue weighted by atomic mass is 9.97. The number of benzene rings is 1. The average Bonchev–Trinajstić information content (AvgIpc) is 2.51. The number of carbonyl (C=O) groups is 1. The zero-order valence-electron chi connectivity index (χ0n) is 13.3. The van der Waals surface area contributed by atoms with Gasteiger partial charge in [0.15, 0.2) is 0 Å². The number of allylic oxidation sites excluding steroid dienone is 1. The molecule has 1 aliphatic rings. The topological polar surface area (TPSA) is 38.8 Å². The second-order valence-corrected chi connectivity index (χ2v) is 6.15. The number of nitrogens with zero attached hydrogens (tertiary/aromatic N) is 1. The second-order valence-electron chi connectivity index (χ2n) is 5.29. The quantitative estimate of drug-likeness (QED) is 0.719. The highest BCUT2D eigenvalue weighted by Crippen LogP contribution is 2.34. The Labute approximate surface area is 140 Å². The minimum Gasteiger partial charge on any atom is -0.491 e. The lowest BCUT2D eigenvalue weighted by molar-refractivity contribution is -0.131. The number of carbonyl (C=O) groups excluding carboxylic acids is 1. The van der Waals surface area contributed by atoms with Crippen LogP contribution in [0.3, 0.4) is 0 Å². The Hall–Kier alpha value is -1.33. The van der Waals surface area contributed by atoms with Gasteiger partial charge in [-0.25, -0.2) is 0 Å². The van der Waals surface area contributed by atoms with Gasteiger partial charge in [0.2, 0.25) is 5.91 Å². The molecule has 0 fully saturated rings. The summed E-state index contributed by atoms with van der Waals surface area (Å²) in [6, 6.07) is 5.85. The lowest BCUT2D eigenvalue weighted by Gasteiger charge is -2.31. The highest BCUT2D eigenvalue weighted by atomic mass is 79.9. The molecule has 1 atom stereocenters. The van der Waals surface area contributed by atoms with Crippen molar-refractivity contribution in [1.29, 1.82) is 0 Å². The van der Waals surface area contributed by atoms with Gasteiger partial charge in [-0.15, -0.1) is 0 Å². The summed E-state index contributed by atoms with van der Waals surface area (Å²) < 4.78 is 11.5. The number of hydrogen-bond acceptors (Lipinski definition) is 3. The smallest absolute Gasteiger partial charge is 0.230 e. The molecular weight excluding hydrogens is 346 g/mol. The van der Waals surface area contributed by atoms with E-state index in [9.17, 15) is 4.79 Å². The highest BCUT2D eigenvalue weighted by Gasteiger charge is 2.27. The van der Waals surface area contributed by atoms with Crippen LogP contribution < -0.4 is 4.74 Å². The van der Waals surface area contributed by atoms with E-state index in [-0.39, 0.29) is 11.8 Å². The first-order chi connectivity index (χ1) is 10.6. The van der Waals surface area contributed by atoms with Crippen molar-refractivity contribution in [2.45, 2.75) is 20.3 Å². The molecule has 0 aromatic heterocycles. The first-order valence-electron chi connectivity index (χ1n) is 7.51. The van der Waals surface area contributed by atoms with Crippen molar-refractivity contribution in [3.8, 4) is 5.75 Å². The minimum atomic E-state index is 0.0547. The summed E-state index contributed by atoms with van der Waals surface area (Å²) in [6.07, 6.45) is 2.92. The lowest BCUT2D eigenvalue weighted by Crippen LogP contribution is -2.36. The van der Waals surface area contributed by atoms with E-state index in [1.807, 2.05) is 36.9 Å². The molecule has 22 heavy (non-hydrogen) atoms. The van der Waals surface area contributed by atoms with Crippen LogP contribution in [0.2, 0.25) is 0 Å². The summed E-state index contributed by atoms with van der Waals surface area (Å²) >= 11 is 3.59. The summed E-state index contributed by atoms with van der Waals surface area (Å²) in [5, 5.41) is 0. The van der Waals surface area contributed by atoms with Crippen LogP contribution in [0.5, 0.6) is 5.75 Å². The van der Waals surface area contributed by atoms with E-state index in [0.717, 1.165) is 27.9 Å². The monoisotopic (exact) mass is 367 g/mol. The van der Waals surface area contributed by atoms with E-state index in [4.69, 9.17) is 9.47 Å². The maximum absolute atomic E-state index is 12.3. The van der Waals surface area contributed by atoms with Crippen molar-refractivity contribution in [1.82, 2.24) is 4.90 Å². The zero-order valence-corrected chi connectivity index (χ0v) is 14.9. The van der Waals surface area contributed by atoms with Crippen molar-refractivity contribution in [3.05, 3.63) is 34.3 Å². The van der Waals surface area contributed by atoms with Gasteiger partial charge < -0.3 is 14.4 Å². The molecule has 1 aliphatic heterocycles. The van der Waals surface area contributed by atoms with Crippen molar-refractivity contribution >= 4 is 27.5 Å². The summed E-state index contributed by atoms with van der Waals surface area (Å²) in [7, 11) is 1.65. The van der Waals surface area contributed by atoms with Crippen LogP contribution >= 0.6 is 15.9 Å². The van der Waals surface area contributed by atoms with E-state index in [1.54, 1.807) is 7.11 Å². The maximum Gasteiger partial charge on any atom is 0.230 e. The van der Waals surface area contributed by atoms with Crippen LogP contribution in [0.15, 0.2) is 28.7 Å². The molecule has 120 valence electrons. The third-order valence-corrected chi connectivity index (χ3v) is 4.39. The van der Waals surface area contributed by atoms with Gasteiger partial charge in [0.05, 0.1) is 6.61 Å². The molecular formula is C17H22BrNO3. The molecule has 1 aromatic rings. The van der Waals surface area contributed by atoms with Crippen LogP contribution in [-0.2, 0) is 9.53 Å². The van der Waals surface area contributed by atoms with Gasteiger partial charge in [-0.2, -0.15) is 0 Å². The Morgan fingerprint density at radius 3 is 2.77 bits per heavy atom. The fourth-order valence-electron chi connectivity index (χ4n) is 2.50. The molecule has 0 N–H and O–H groups in total. The minimum absolute atomic E-state index is 0.0547. The first-order valence-corrected chi connectivity index (χ1v) is 8.31.